The molecule has 3 nitrogen and oxygen atoms in total. The minimum atomic E-state index is -0.214. The number of methoxy groups -OCH3 is 1. The maximum Gasteiger partial charge on any atom is 0.306 e. The van der Waals surface area contributed by atoms with Gasteiger partial charge in [-0.2, -0.15) is 0 Å². The highest BCUT2D eigenvalue weighted by Crippen LogP contribution is 2.31. The average Bonchev–Trinajstić information content (AvgIpc) is 2.30. The van der Waals surface area contributed by atoms with E-state index in [9.17, 15) is 4.79 Å². The van der Waals surface area contributed by atoms with Crippen molar-refractivity contribution in [3.8, 4) is 5.75 Å². The van der Waals surface area contributed by atoms with Crippen molar-refractivity contribution in [1.29, 1.82) is 0 Å². The van der Waals surface area contributed by atoms with Gasteiger partial charge in [-0.25, -0.2) is 0 Å². The summed E-state index contributed by atoms with van der Waals surface area (Å²) in [4.78, 5) is 11.3. The van der Waals surface area contributed by atoms with Crippen LogP contribution in [0.5, 0.6) is 5.75 Å². The molecule has 5 heteroatoms. The molecule has 0 heterocycles. The van der Waals surface area contributed by atoms with Crippen LogP contribution in [0, 0.1) is 0 Å². The lowest BCUT2D eigenvalue weighted by Gasteiger charge is -2.10. The minimum Gasteiger partial charge on any atom is -0.496 e. The molecule has 0 saturated carbocycles. The number of hydrogen-bond donors (Lipinski definition) is 0. The number of halogens is 2. The number of ether oxygens (including phenoxy) is 2. The molecule has 0 N–H and O–H groups in total. The number of benzene rings is 1. The lowest BCUT2D eigenvalue weighted by Crippen LogP contribution is -2.05. The lowest BCUT2D eigenvalue weighted by atomic mass is 10.1. The zero-order valence-corrected chi connectivity index (χ0v) is 12.1. The van der Waals surface area contributed by atoms with Crippen molar-refractivity contribution in [2.24, 2.45) is 0 Å². The third-order valence-electron chi connectivity index (χ3n) is 2.23. The van der Waals surface area contributed by atoms with Crippen molar-refractivity contribution >= 4 is 33.5 Å². The molecule has 0 atom stereocenters. The third-order valence-corrected chi connectivity index (χ3v) is 3.42. The number of aryl methyl sites for hydroxylation is 1. The first-order chi connectivity index (χ1) is 8.08. The predicted octanol–water partition coefficient (Wildman–Crippen LogP) is 3.61. The number of carbonyl (C=O) groups is 1. The molecule has 1 rings (SSSR count). The Balaban J connectivity index is 2.76. The smallest absolute Gasteiger partial charge is 0.306 e. The Hall–Kier alpha value is -0.740. The summed E-state index contributed by atoms with van der Waals surface area (Å²) in [5.41, 5.74) is 0.897. The Morgan fingerprint density at radius 2 is 2.18 bits per heavy atom. The topological polar surface area (TPSA) is 35.5 Å². The molecule has 94 valence electrons. The molecule has 0 aliphatic heterocycles. The average molecular weight is 322 g/mol. The summed E-state index contributed by atoms with van der Waals surface area (Å²) < 4.78 is 10.9. The fourth-order valence-corrected chi connectivity index (χ4v) is 1.93. The van der Waals surface area contributed by atoms with Gasteiger partial charge in [0.25, 0.3) is 0 Å². The van der Waals surface area contributed by atoms with E-state index in [-0.39, 0.29) is 5.97 Å². The molecule has 0 radical (unpaired) electrons. The highest BCUT2D eigenvalue weighted by Gasteiger charge is 2.10. The van der Waals surface area contributed by atoms with Crippen molar-refractivity contribution in [3.63, 3.8) is 0 Å². The predicted molar refractivity (Wildman–Crippen MR) is 70.7 cm³/mol. The molecular weight excluding hydrogens is 307 g/mol. The summed E-state index contributed by atoms with van der Waals surface area (Å²) in [5, 5.41) is 0.602. The van der Waals surface area contributed by atoms with Crippen LogP contribution >= 0.6 is 27.5 Å². The fourth-order valence-electron chi connectivity index (χ4n) is 1.43. The maximum absolute atomic E-state index is 11.3. The zero-order chi connectivity index (χ0) is 12.8. The van der Waals surface area contributed by atoms with Gasteiger partial charge in [0, 0.05) is 10.9 Å². The van der Waals surface area contributed by atoms with Crippen LogP contribution < -0.4 is 4.74 Å². The van der Waals surface area contributed by atoms with Crippen molar-refractivity contribution < 1.29 is 14.3 Å². The van der Waals surface area contributed by atoms with Crippen LogP contribution in [-0.2, 0) is 16.0 Å². The molecule has 0 fully saturated rings. The summed E-state index contributed by atoms with van der Waals surface area (Å²) in [6, 6.07) is 3.59. The van der Waals surface area contributed by atoms with E-state index in [4.69, 9.17) is 21.1 Å². The van der Waals surface area contributed by atoms with Crippen LogP contribution in [0.3, 0.4) is 0 Å². The summed E-state index contributed by atoms with van der Waals surface area (Å²) in [6.45, 7) is 2.19. The molecule has 0 amide bonds. The Morgan fingerprint density at radius 1 is 1.47 bits per heavy atom. The van der Waals surface area contributed by atoms with Gasteiger partial charge in [0.15, 0.2) is 0 Å². The van der Waals surface area contributed by atoms with Crippen molar-refractivity contribution in [1.82, 2.24) is 0 Å². The van der Waals surface area contributed by atoms with Crippen LogP contribution in [0.4, 0.5) is 0 Å². The van der Waals surface area contributed by atoms with Crippen LogP contribution in [0.1, 0.15) is 18.9 Å². The molecule has 0 spiro atoms. The van der Waals surface area contributed by atoms with Gasteiger partial charge in [-0.05, 0) is 47.0 Å². The Labute approximate surface area is 114 Å². The molecule has 0 unspecified atom stereocenters. The van der Waals surface area contributed by atoms with Gasteiger partial charge >= 0.3 is 5.97 Å². The molecule has 0 aliphatic carbocycles. The molecule has 0 saturated heterocycles. The number of rotatable bonds is 5. The van der Waals surface area contributed by atoms with Gasteiger partial charge in [-0.1, -0.05) is 11.6 Å². The molecule has 1 aromatic rings. The van der Waals surface area contributed by atoms with Crippen LogP contribution in [0.2, 0.25) is 5.02 Å². The standard InChI is InChI=1S/C12H14BrClO3/c1-3-17-12(15)5-4-8-6-10(14)9(13)7-11(8)16-2/h6-7H,3-5H2,1-2H3. The Morgan fingerprint density at radius 3 is 2.76 bits per heavy atom. The second-order valence-corrected chi connectivity index (χ2v) is 4.64. The lowest BCUT2D eigenvalue weighted by molar-refractivity contribution is -0.143. The van der Waals surface area contributed by atoms with E-state index in [0.717, 1.165) is 10.0 Å². The van der Waals surface area contributed by atoms with E-state index < -0.39 is 0 Å². The Bertz CT molecular complexity index is 407. The van der Waals surface area contributed by atoms with E-state index in [1.165, 1.54) is 0 Å². The third kappa shape index (κ3) is 4.21. The number of hydrogen-bond acceptors (Lipinski definition) is 3. The van der Waals surface area contributed by atoms with Gasteiger partial charge in [0.2, 0.25) is 0 Å². The van der Waals surface area contributed by atoms with Gasteiger partial charge in [0.05, 0.1) is 18.7 Å². The minimum absolute atomic E-state index is 0.214. The highest BCUT2D eigenvalue weighted by molar-refractivity contribution is 9.10. The van der Waals surface area contributed by atoms with Crippen molar-refractivity contribution in [2.75, 3.05) is 13.7 Å². The quantitative estimate of drug-likeness (QED) is 0.777. The van der Waals surface area contributed by atoms with E-state index in [2.05, 4.69) is 15.9 Å². The summed E-state index contributed by atoms with van der Waals surface area (Å²) in [6.07, 6.45) is 0.872. The first-order valence-electron chi connectivity index (χ1n) is 5.26. The SMILES string of the molecule is CCOC(=O)CCc1cc(Cl)c(Br)cc1OC. The van der Waals surface area contributed by atoms with Gasteiger partial charge in [0.1, 0.15) is 5.75 Å². The summed E-state index contributed by atoms with van der Waals surface area (Å²) in [7, 11) is 1.59. The second-order valence-electron chi connectivity index (χ2n) is 3.38. The maximum atomic E-state index is 11.3. The van der Waals surface area contributed by atoms with E-state index in [1.807, 2.05) is 0 Å². The molecule has 17 heavy (non-hydrogen) atoms. The molecule has 0 bridgehead atoms. The Kier molecular flexibility index (Phi) is 5.78. The van der Waals surface area contributed by atoms with E-state index in [0.29, 0.717) is 30.2 Å². The van der Waals surface area contributed by atoms with E-state index >= 15 is 0 Å². The van der Waals surface area contributed by atoms with Crippen molar-refractivity contribution in [3.05, 3.63) is 27.2 Å². The van der Waals surface area contributed by atoms with Gasteiger partial charge in [-0.15, -0.1) is 0 Å². The normalized spacial score (nSPS) is 10.1. The van der Waals surface area contributed by atoms with Gasteiger partial charge in [-0.3, -0.25) is 4.79 Å². The summed E-state index contributed by atoms with van der Waals surface area (Å²) in [5.74, 6) is 0.499. The van der Waals surface area contributed by atoms with Crippen LogP contribution in [0.25, 0.3) is 0 Å². The molecular formula is C12H14BrClO3. The molecule has 0 aliphatic rings. The largest absolute Gasteiger partial charge is 0.496 e. The number of esters is 1. The summed E-state index contributed by atoms with van der Waals surface area (Å²) >= 11 is 9.32. The van der Waals surface area contributed by atoms with Gasteiger partial charge < -0.3 is 9.47 Å². The second kappa shape index (κ2) is 6.87. The first kappa shape index (κ1) is 14.3. The fraction of sp³-hybridized carbons (Fsp3) is 0.417. The molecule has 0 aromatic heterocycles. The van der Waals surface area contributed by atoms with Crippen LogP contribution in [0.15, 0.2) is 16.6 Å². The van der Waals surface area contributed by atoms with Crippen LogP contribution in [-0.4, -0.2) is 19.7 Å². The molecule has 1 aromatic carbocycles. The zero-order valence-electron chi connectivity index (χ0n) is 9.76. The monoisotopic (exact) mass is 320 g/mol. The van der Waals surface area contributed by atoms with Crippen molar-refractivity contribution in [2.45, 2.75) is 19.8 Å². The highest BCUT2D eigenvalue weighted by atomic mass is 79.9. The number of carbonyl (C=O) groups excluding carboxylic acids is 1. The van der Waals surface area contributed by atoms with E-state index in [1.54, 1.807) is 26.2 Å². The first-order valence-corrected chi connectivity index (χ1v) is 6.43.